The Kier molecular flexibility index (Phi) is 5.87. The molecule has 0 aliphatic rings. The molecule has 0 amide bonds. The van der Waals surface area contributed by atoms with E-state index in [0.29, 0.717) is 0 Å². The van der Waals surface area contributed by atoms with Gasteiger partial charge in [-0.15, -0.1) is 11.3 Å². The quantitative estimate of drug-likeness (QED) is 0.553. The Hall–Kier alpha value is -2.56. The van der Waals surface area contributed by atoms with Gasteiger partial charge in [0, 0.05) is 16.2 Å². The number of benzene rings is 2. The zero-order valence-electron chi connectivity index (χ0n) is 15.4. The molecule has 1 heterocycles. The number of sulfonamides is 1. The third-order valence-corrected chi connectivity index (χ3v) is 6.97. The number of fused-ring (bicyclic) bond motifs is 1. The summed E-state index contributed by atoms with van der Waals surface area (Å²) >= 11 is 6.91. The number of thiophene rings is 1. The van der Waals surface area contributed by atoms with E-state index in [-0.39, 0.29) is 37.2 Å². The molecule has 0 aliphatic heterocycles. The van der Waals surface area contributed by atoms with Gasteiger partial charge in [-0.2, -0.15) is 0 Å². The van der Waals surface area contributed by atoms with Gasteiger partial charge in [-0.05, 0) is 18.2 Å². The molecule has 0 radical (unpaired) electrons. The molecule has 3 rings (SSSR count). The van der Waals surface area contributed by atoms with Gasteiger partial charge in [-0.1, -0.05) is 17.7 Å². The number of nitrogens with one attached hydrogen (secondary N) is 1. The summed E-state index contributed by atoms with van der Waals surface area (Å²) in [4.78, 5) is 11.4. The van der Waals surface area contributed by atoms with Crippen LogP contribution in [0.25, 0.3) is 10.1 Å². The lowest BCUT2D eigenvalue weighted by atomic mass is 10.2. The highest BCUT2D eigenvalue weighted by atomic mass is 35.5. The first-order valence-electron chi connectivity index (χ1n) is 7.97. The van der Waals surface area contributed by atoms with Crippen molar-refractivity contribution in [3.05, 3.63) is 46.0 Å². The fourth-order valence-electron chi connectivity index (χ4n) is 2.70. The molecule has 1 N–H and O–H groups in total. The Morgan fingerprint density at radius 2 is 1.83 bits per heavy atom. The third-order valence-electron chi connectivity index (χ3n) is 3.98. The first-order valence-corrected chi connectivity index (χ1v) is 10.6. The van der Waals surface area contributed by atoms with Crippen molar-refractivity contribution in [3.8, 4) is 11.5 Å². The highest BCUT2D eigenvalue weighted by Crippen LogP contribution is 2.40. The van der Waals surface area contributed by atoms with E-state index in [1.807, 2.05) is 0 Å². The Morgan fingerprint density at radius 3 is 2.45 bits per heavy atom. The van der Waals surface area contributed by atoms with E-state index in [4.69, 9.17) is 21.1 Å². The molecule has 3 aromatic rings. The SMILES string of the molecule is COC(=O)c1sc2cccc(F)c2c1S(=O)(=O)Nc1cc(Cl)c(OC)cc1OC. The summed E-state index contributed by atoms with van der Waals surface area (Å²) in [5.41, 5.74) is -0.00944. The molecule has 2 aromatic carbocycles. The minimum atomic E-state index is -4.43. The summed E-state index contributed by atoms with van der Waals surface area (Å²) in [6.45, 7) is 0. The number of hydrogen-bond donors (Lipinski definition) is 1. The van der Waals surface area contributed by atoms with E-state index in [1.165, 1.54) is 38.5 Å². The van der Waals surface area contributed by atoms with Crippen LogP contribution >= 0.6 is 22.9 Å². The van der Waals surface area contributed by atoms with Gasteiger partial charge in [0.05, 0.1) is 32.0 Å². The number of hydrogen-bond acceptors (Lipinski definition) is 7. The van der Waals surface area contributed by atoms with Crippen molar-refractivity contribution < 1.29 is 31.8 Å². The molecule has 0 fully saturated rings. The van der Waals surface area contributed by atoms with Crippen LogP contribution in [0, 0.1) is 5.82 Å². The first-order chi connectivity index (χ1) is 13.7. The number of halogens is 2. The number of esters is 1. The molecule has 0 spiro atoms. The molecule has 0 unspecified atom stereocenters. The molecule has 0 bridgehead atoms. The Bertz CT molecular complexity index is 1210. The molecule has 7 nitrogen and oxygen atoms in total. The topological polar surface area (TPSA) is 90.9 Å². The van der Waals surface area contributed by atoms with Crippen LogP contribution in [0.5, 0.6) is 11.5 Å². The minimum absolute atomic E-state index is 0.00944. The van der Waals surface area contributed by atoms with Gasteiger partial charge >= 0.3 is 5.97 Å². The molecule has 0 saturated carbocycles. The predicted octanol–water partition coefficient (Wildman–Crippen LogP) is 4.30. The van der Waals surface area contributed by atoms with Gasteiger partial charge in [0.25, 0.3) is 10.0 Å². The zero-order chi connectivity index (χ0) is 21.3. The second-order valence-corrected chi connectivity index (χ2v) is 8.74. The number of methoxy groups -OCH3 is 3. The number of rotatable bonds is 6. The van der Waals surface area contributed by atoms with Crippen LogP contribution in [0.2, 0.25) is 5.02 Å². The molecular weight excluding hydrogens is 445 g/mol. The van der Waals surface area contributed by atoms with Crippen LogP contribution in [0.15, 0.2) is 35.2 Å². The lowest BCUT2D eigenvalue weighted by molar-refractivity contribution is 0.0602. The third kappa shape index (κ3) is 3.83. The smallest absolute Gasteiger partial charge is 0.349 e. The average molecular weight is 460 g/mol. The summed E-state index contributed by atoms with van der Waals surface area (Å²) in [7, 11) is -0.594. The van der Waals surface area contributed by atoms with Gasteiger partial charge in [0.1, 0.15) is 27.1 Å². The molecule has 0 aliphatic carbocycles. The normalized spacial score (nSPS) is 11.3. The van der Waals surface area contributed by atoms with Crippen LogP contribution in [0.3, 0.4) is 0 Å². The summed E-state index contributed by atoms with van der Waals surface area (Å²) in [6.07, 6.45) is 0. The van der Waals surface area contributed by atoms with Crippen molar-refractivity contribution in [1.82, 2.24) is 0 Å². The molecule has 0 atom stereocenters. The number of carbonyl (C=O) groups is 1. The van der Waals surface area contributed by atoms with Crippen molar-refractivity contribution in [2.75, 3.05) is 26.1 Å². The summed E-state index contributed by atoms with van der Waals surface area (Å²) in [6, 6.07) is 6.73. The standard InChI is InChI=1S/C18H15ClFNO6S2/c1-25-12-8-13(26-2)11(7-9(12)19)21-29(23,24)17-15-10(20)5-4-6-14(15)28-16(17)18(22)27-3/h4-8,21H,1-3H3. The van der Waals surface area contributed by atoms with Crippen LogP contribution < -0.4 is 14.2 Å². The van der Waals surface area contributed by atoms with Crippen molar-refractivity contribution in [3.63, 3.8) is 0 Å². The Labute approximate surface area is 175 Å². The molecule has 0 saturated heterocycles. The largest absolute Gasteiger partial charge is 0.495 e. The highest BCUT2D eigenvalue weighted by molar-refractivity contribution is 7.93. The maximum absolute atomic E-state index is 14.5. The van der Waals surface area contributed by atoms with Gasteiger partial charge in [0.2, 0.25) is 0 Å². The highest BCUT2D eigenvalue weighted by Gasteiger charge is 2.31. The van der Waals surface area contributed by atoms with Crippen molar-refractivity contribution in [2.45, 2.75) is 4.90 Å². The summed E-state index contributed by atoms with van der Waals surface area (Å²) < 4.78 is 58.4. The number of carbonyl (C=O) groups excluding carboxylic acids is 1. The molecule has 1 aromatic heterocycles. The van der Waals surface area contributed by atoms with E-state index in [1.54, 1.807) is 0 Å². The van der Waals surface area contributed by atoms with E-state index in [0.717, 1.165) is 24.5 Å². The van der Waals surface area contributed by atoms with Crippen molar-refractivity contribution in [2.24, 2.45) is 0 Å². The van der Waals surface area contributed by atoms with E-state index in [2.05, 4.69) is 9.46 Å². The van der Waals surface area contributed by atoms with Crippen LogP contribution in [-0.4, -0.2) is 35.7 Å². The predicted molar refractivity (Wildman–Crippen MR) is 108 cm³/mol. The van der Waals surface area contributed by atoms with Crippen LogP contribution in [0.1, 0.15) is 9.67 Å². The van der Waals surface area contributed by atoms with E-state index >= 15 is 0 Å². The second-order valence-electron chi connectivity index (χ2n) is 5.66. The van der Waals surface area contributed by atoms with Gasteiger partial charge in [0.15, 0.2) is 0 Å². The van der Waals surface area contributed by atoms with Crippen molar-refractivity contribution in [1.29, 1.82) is 0 Å². The van der Waals surface area contributed by atoms with E-state index < -0.39 is 26.7 Å². The minimum Gasteiger partial charge on any atom is -0.495 e. The van der Waals surface area contributed by atoms with Crippen molar-refractivity contribution >= 4 is 54.7 Å². The fraction of sp³-hybridized carbons (Fsp3) is 0.167. The van der Waals surface area contributed by atoms with Gasteiger partial charge < -0.3 is 14.2 Å². The molecule has 11 heteroatoms. The average Bonchev–Trinajstić information content (AvgIpc) is 3.09. The monoisotopic (exact) mass is 459 g/mol. The Morgan fingerprint density at radius 1 is 1.14 bits per heavy atom. The van der Waals surface area contributed by atoms with E-state index in [9.17, 15) is 17.6 Å². The van der Waals surface area contributed by atoms with Gasteiger partial charge in [-0.3, -0.25) is 4.72 Å². The Balaban J connectivity index is 2.22. The first kappa shape index (κ1) is 21.2. The maximum Gasteiger partial charge on any atom is 0.349 e. The van der Waals surface area contributed by atoms with Crippen LogP contribution in [0.4, 0.5) is 10.1 Å². The number of ether oxygens (including phenoxy) is 3. The molecule has 154 valence electrons. The summed E-state index contributed by atoms with van der Waals surface area (Å²) in [5.74, 6) is -1.29. The fourth-order valence-corrected chi connectivity index (χ4v) is 5.84. The zero-order valence-corrected chi connectivity index (χ0v) is 17.8. The molecule has 29 heavy (non-hydrogen) atoms. The summed E-state index contributed by atoms with van der Waals surface area (Å²) in [5, 5.41) is -0.0791. The lowest BCUT2D eigenvalue weighted by Gasteiger charge is -2.14. The van der Waals surface area contributed by atoms with Crippen LogP contribution in [-0.2, 0) is 14.8 Å². The molecular formula is C18H15ClFNO6S2. The lowest BCUT2D eigenvalue weighted by Crippen LogP contribution is -2.17. The number of anilines is 1. The second kappa shape index (κ2) is 8.05. The maximum atomic E-state index is 14.5. The van der Waals surface area contributed by atoms with Gasteiger partial charge in [-0.25, -0.2) is 17.6 Å².